The number of amides is 3. The van der Waals surface area contributed by atoms with E-state index in [1.54, 1.807) is 29.4 Å². The van der Waals surface area contributed by atoms with E-state index in [1.807, 2.05) is 48.5 Å². The van der Waals surface area contributed by atoms with E-state index in [0.717, 1.165) is 5.69 Å². The van der Waals surface area contributed by atoms with Gasteiger partial charge in [-0.25, -0.2) is 10.3 Å². The fourth-order valence-corrected chi connectivity index (χ4v) is 4.86. The van der Waals surface area contributed by atoms with Gasteiger partial charge >= 0.3 is 6.09 Å². The number of nitrogens with one attached hydrogen (secondary N) is 1. The second-order valence-corrected chi connectivity index (χ2v) is 8.82. The highest BCUT2D eigenvalue weighted by Crippen LogP contribution is 2.30. The molecule has 0 aromatic heterocycles. The molecule has 3 amide bonds. The summed E-state index contributed by atoms with van der Waals surface area (Å²) in [6.07, 6.45) is -1.12. The number of rotatable bonds is 6. The van der Waals surface area contributed by atoms with Crippen LogP contribution in [-0.2, 0) is 14.3 Å². The normalized spacial score (nSPS) is 22.1. The van der Waals surface area contributed by atoms with Crippen molar-refractivity contribution in [1.82, 2.24) is 15.3 Å². The van der Waals surface area contributed by atoms with E-state index >= 15 is 0 Å². The van der Waals surface area contributed by atoms with Crippen molar-refractivity contribution in [3.05, 3.63) is 60.7 Å². The Labute approximate surface area is 210 Å². The third-order valence-electron chi connectivity index (χ3n) is 6.60. The summed E-state index contributed by atoms with van der Waals surface area (Å²) in [5.74, 6) is -1.52. The van der Waals surface area contributed by atoms with Gasteiger partial charge in [0.1, 0.15) is 17.9 Å². The number of carbonyl (C=O) groups excluding carboxylic acids is 3. The quantitative estimate of drug-likeness (QED) is 0.466. The molecule has 2 N–H and O–H groups in total. The Bertz CT molecular complexity index is 1030. The van der Waals surface area contributed by atoms with Crippen molar-refractivity contribution in [2.75, 3.05) is 44.2 Å². The first-order chi connectivity index (χ1) is 17.5. The van der Waals surface area contributed by atoms with Crippen LogP contribution in [0.1, 0.15) is 13.3 Å². The number of ether oxygens (including phenoxy) is 2. The average molecular weight is 497 g/mol. The molecule has 3 atom stereocenters. The van der Waals surface area contributed by atoms with Gasteiger partial charge in [-0.1, -0.05) is 36.4 Å². The Hall–Kier alpha value is -3.79. The Morgan fingerprint density at radius 1 is 0.972 bits per heavy atom. The molecular weight excluding hydrogens is 464 g/mol. The summed E-state index contributed by atoms with van der Waals surface area (Å²) >= 11 is 0. The zero-order valence-electron chi connectivity index (χ0n) is 20.3. The fourth-order valence-electron chi connectivity index (χ4n) is 4.86. The molecule has 2 aromatic rings. The number of hydrogen-bond acceptors (Lipinski definition) is 7. The lowest BCUT2D eigenvalue weighted by molar-refractivity contribution is -0.151. The van der Waals surface area contributed by atoms with Crippen LogP contribution in [0.4, 0.5) is 10.5 Å². The lowest BCUT2D eigenvalue weighted by Crippen LogP contribution is -2.64. The minimum atomic E-state index is -1.12. The standard InChI is InChI=1S/C26H32N4O6/c1-2-35-26(33)30-18-21(36-20-11-7-4-8-12-20)17-22(24(31)27-34)23(30)25(32)29-15-13-28(14-16-29)19-9-5-3-6-10-19/h3-12,21-23,34H,2,13-18H2,1H3,(H,27,31)/t21-,22-,23-/m0/s1. The number of anilines is 1. The van der Waals surface area contributed by atoms with Gasteiger partial charge in [0.2, 0.25) is 11.8 Å². The van der Waals surface area contributed by atoms with Gasteiger partial charge in [-0.2, -0.15) is 0 Å². The van der Waals surface area contributed by atoms with Crippen molar-refractivity contribution in [3.63, 3.8) is 0 Å². The molecule has 0 saturated carbocycles. The molecule has 2 saturated heterocycles. The Morgan fingerprint density at radius 3 is 2.22 bits per heavy atom. The largest absolute Gasteiger partial charge is 0.489 e. The molecule has 2 fully saturated rings. The number of piperazine rings is 1. The first kappa shape index (κ1) is 25.3. The first-order valence-corrected chi connectivity index (χ1v) is 12.2. The number of piperidine rings is 1. The SMILES string of the molecule is CCOC(=O)N1C[C@@H](Oc2ccccc2)C[C@H](C(=O)NO)[C@H]1C(=O)N1CCN(c2ccccc2)CC1. The van der Waals surface area contributed by atoms with Gasteiger partial charge in [0, 0.05) is 38.3 Å². The molecule has 36 heavy (non-hydrogen) atoms. The molecule has 2 aliphatic heterocycles. The molecule has 192 valence electrons. The van der Waals surface area contributed by atoms with Gasteiger partial charge in [0.25, 0.3) is 0 Å². The third kappa shape index (κ3) is 5.71. The van der Waals surface area contributed by atoms with E-state index in [0.29, 0.717) is 31.9 Å². The van der Waals surface area contributed by atoms with Crippen LogP contribution in [0.15, 0.2) is 60.7 Å². The van der Waals surface area contributed by atoms with Gasteiger partial charge in [0.15, 0.2) is 0 Å². The number of carbonyl (C=O) groups is 3. The van der Waals surface area contributed by atoms with Crippen LogP contribution >= 0.6 is 0 Å². The molecule has 4 rings (SSSR count). The second-order valence-electron chi connectivity index (χ2n) is 8.82. The molecule has 0 spiro atoms. The van der Waals surface area contributed by atoms with E-state index in [2.05, 4.69) is 4.90 Å². The summed E-state index contributed by atoms with van der Waals surface area (Å²) in [6, 6.07) is 17.9. The van der Waals surface area contributed by atoms with Crippen molar-refractivity contribution >= 4 is 23.6 Å². The maximum absolute atomic E-state index is 13.8. The van der Waals surface area contributed by atoms with Crippen LogP contribution in [0, 0.1) is 5.92 Å². The molecule has 10 heteroatoms. The maximum Gasteiger partial charge on any atom is 0.410 e. The van der Waals surface area contributed by atoms with Crippen LogP contribution in [0.3, 0.4) is 0 Å². The number of hydrogen-bond donors (Lipinski definition) is 2. The number of hydroxylamine groups is 1. The summed E-state index contributed by atoms with van der Waals surface area (Å²) in [4.78, 5) is 44.6. The van der Waals surface area contributed by atoms with Crippen molar-refractivity contribution in [1.29, 1.82) is 0 Å². The van der Waals surface area contributed by atoms with Crippen LogP contribution in [0.25, 0.3) is 0 Å². The van der Waals surface area contributed by atoms with Crippen molar-refractivity contribution < 1.29 is 29.1 Å². The van der Waals surface area contributed by atoms with Crippen molar-refractivity contribution in [2.45, 2.75) is 25.5 Å². The van der Waals surface area contributed by atoms with Crippen LogP contribution in [0.2, 0.25) is 0 Å². The predicted molar refractivity (Wildman–Crippen MR) is 132 cm³/mol. The van der Waals surface area contributed by atoms with E-state index in [1.165, 1.54) is 4.90 Å². The van der Waals surface area contributed by atoms with E-state index in [-0.39, 0.29) is 25.5 Å². The van der Waals surface area contributed by atoms with E-state index < -0.39 is 30.1 Å². The molecule has 2 aliphatic rings. The lowest BCUT2D eigenvalue weighted by Gasteiger charge is -2.45. The number of nitrogens with zero attached hydrogens (tertiary/aromatic N) is 3. The first-order valence-electron chi connectivity index (χ1n) is 12.2. The highest BCUT2D eigenvalue weighted by atomic mass is 16.6. The summed E-state index contributed by atoms with van der Waals surface area (Å²) < 4.78 is 11.3. The molecule has 0 unspecified atom stereocenters. The van der Waals surface area contributed by atoms with Gasteiger partial charge < -0.3 is 19.3 Å². The molecule has 2 heterocycles. The monoisotopic (exact) mass is 496 g/mol. The number of benzene rings is 2. The molecule has 2 aromatic carbocycles. The Kier molecular flexibility index (Phi) is 8.27. The summed E-state index contributed by atoms with van der Waals surface area (Å²) in [5.41, 5.74) is 2.75. The zero-order chi connectivity index (χ0) is 25.5. The zero-order valence-corrected chi connectivity index (χ0v) is 20.3. The average Bonchev–Trinajstić information content (AvgIpc) is 2.93. The minimum Gasteiger partial charge on any atom is -0.489 e. The van der Waals surface area contributed by atoms with Gasteiger partial charge in [-0.3, -0.25) is 19.7 Å². The maximum atomic E-state index is 13.8. The minimum absolute atomic E-state index is 0.0727. The molecule has 0 radical (unpaired) electrons. The molecule has 0 bridgehead atoms. The molecule has 0 aliphatic carbocycles. The van der Waals surface area contributed by atoms with Gasteiger partial charge in [-0.15, -0.1) is 0 Å². The number of para-hydroxylation sites is 2. The lowest BCUT2D eigenvalue weighted by atomic mass is 9.86. The summed E-state index contributed by atoms with van der Waals surface area (Å²) in [7, 11) is 0. The van der Waals surface area contributed by atoms with Gasteiger partial charge in [0.05, 0.1) is 19.1 Å². The molecule has 10 nitrogen and oxygen atoms in total. The van der Waals surface area contributed by atoms with Crippen molar-refractivity contribution in [3.8, 4) is 5.75 Å². The highest BCUT2D eigenvalue weighted by molar-refractivity contribution is 5.92. The molecular formula is C26H32N4O6. The second kappa shape index (κ2) is 11.8. The highest BCUT2D eigenvalue weighted by Gasteiger charge is 2.49. The third-order valence-corrected chi connectivity index (χ3v) is 6.60. The van der Waals surface area contributed by atoms with Crippen LogP contribution in [0.5, 0.6) is 5.75 Å². The Balaban J connectivity index is 1.54. The summed E-state index contributed by atoms with van der Waals surface area (Å²) in [5, 5.41) is 9.46. The predicted octanol–water partition coefficient (Wildman–Crippen LogP) is 2.14. The topological polar surface area (TPSA) is 112 Å². The van der Waals surface area contributed by atoms with E-state index in [4.69, 9.17) is 9.47 Å². The summed E-state index contributed by atoms with van der Waals surface area (Å²) in [6.45, 7) is 4.00. The number of likely N-dealkylation sites (tertiary alicyclic amines) is 1. The van der Waals surface area contributed by atoms with Crippen molar-refractivity contribution in [2.24, 2.45) is 5.92 Å². The van der Waals surface area contributed by atoms with Crippen LogP contribution < -0.4 is 15.1 Å². The van der Waals surface area contributed by atoms with Gasteiger partial charge in [-0.05, 0) is 31.2 Å². The smallest absolute Gasteiger partial charge is 0.410 e. The van der Waals surface area contributed by atoms with E-state index in [9.17, 15) is 19.6 Å². The Morgan fingerprint density at radius 2 is 1.61 bits per heavy atom. The fraction of sp³-hybridized carbons (Fsp3) is 0.423. The van der Waals surface area contributed by atoms with Crippen LogP contribution in [-0.4, -0.2) is 84.4 Å².